The predicted molar refractivity (Wildman–Crippen MR) is 83.0 cm³/mol. The molecule has 25 heavy (non-hydrogen) atoms. The van der Waals surface area contributed by atoms with Crippen LogP contribution in [0.15, 0.2) is 12.1 Å². The van der Waals surface area contributed by atoms with Crippen LogP contribution < -0.4 is 39.4 Å². The van der Waals surface area contributed by atoms with Gasteiger partial charge in [-0.25, -0.2) is 4.79 Å². The first-order chi connectivity index (χ1) is 11.1. The van der Waals surface area contributed by atoms with E-state index in [1.807, 2.05) is 20.8 Å². The SMILES string of the molecule is C[C@@H]1CC[C@H](O)C(C)(C)[C@]12Cc1cc(C(=O)[O-])cc(C(=O)O)c1O2.[Na+]. The Labute approximate surface area is 168 Å². The molecule has 2 N–H and O–H groups in total. The minimum absolute atomic E-state index is 0. The fourth-order valence-electron chi connectivity index (χ4n) is 4.27. The van der Waals surface area contributed by atoms with E-state index < -0.39 is 29.1 Å². The van der Waals surface area contributed by atoms with Crippen LogP contribution in [0.5, 0.6) is 5.75 Å². The van der Waals surface area contributed by atoms with Gasteiger partial charge in [-0.3, -0.25) is 0 Å². The van der Waals surface area contributed by atoms with Gasteiger partial charge in [-0.05, 0) is 42.0 Å². The maximum Gasteiger partial charge on any atom is 1.00 e. The largest absolute Gasteiger partial charge is 1.00 e. The van der Waals surface area contributed by atoms with E-state index in [1.54, 1.807) is 0 Å². The van der Waals surface area contributed by atoms with Crippen LogP contribution in [0.2, 0.25) is 0 Å². The zero-order valence-electron chi connectivity index (χ0n) is 15.0. The molecule has 0 radical (unpaired) electrons. The van der Waals surface area contributed by atoms with E-state index in [0.29, 0.717) is 18.4 Å². The summed E-state index contributed by atoms with van der Waals surface area (Å²) in [6.07, 6.45) is 1.21. The molecule has 0 saturated heterocycles. The number of aromatic carboxylic acids is 2. The summed E-state index contributed by atoms with van der Waals surface area (Å²) in [6.45, 7) is 5.86. The average molecular weight is 356 g/mol. The zero-order valence-corrected chi connectivity index (χ0v) is 17.0. The Hall–Kier alpha value is -1.08. The summed E-state index contributed by atoms with van der Waals surface area (Å²) >= 11 is 0. The first-order valence-corrected chi connectivity index (χ1v) is 8.09. The number of carboxylic acids is 2. The van der Waals surface area contributed by atoms with E-state index in [0.717, 1.165) is 12.5 Å². The van der Waals surface area contributed by atoms with Gasteiger partial charge in [0.15, 0.2) is 0 Å². The fraction of sp³-hybridized carbons (Fsp3) is 0.556. The minimum atomic E-state index is -1.42. The summed E-state index contributed by atoms with van der Waals surface area (Å²) in [6, 6.07) is 2.50. The van der Waals surface area contributed by atoms with Crippen molar-refractivity contribution in [3.05, 3.63) is 28.8 Å². The average Bonchev–Trinajstić information content (AvgIpc) is 2.90. The van der Waals surface area contributed by atoms with Gasteiger partial charge in [0.1, 0.15) is 16.9 Å². The van der Waals surface area contributed by atoms with Crippen LogP contribution in [0.4, 0.5) is 0 Å². The molecule has 1 aromatic rings. The Bertz CT molecular complexity index is 729. The molecular weight excluding hydrogens is 335 g/mol. The fourth-order valence-corrected chi connectivity index (χ4v) is 4.27. The molecule has 130 valence electrons. The number of hydrogen-bond acceptors (Lipinski definition) is 5. The van der Waals surface area contributed by atoms with E-state index in [4.69, 9.17) is 4.74 Å². The van der Waals surface area contributed by atoms with Gasteiger partial charge in [0.2, 0.25) is 0 Å². The van der Waals surface area contributed by atoms with Gasteiger partial charge in [-0.15, -0.1) is 0 Å². The second kappa shape index (κ2) is 6.58. The van der Waals surface area contributed by atoms with E-state index in [2.05, 4.69) is 0 Å². The molecule has 2 aliphatic rings. The van der Waals surface area contributed by atoms with Crippen molar-refractivity contribution in [1.82, 2.24) is 0 Å². The third kappa shape index (κ3) is 2.89. The molecule has 7 heteroatoms. The summed E-state index contributed by atoms with van der Waals surface area (Å²) < 4.78 is 6.21. The van der Waals surface area contributed by atoms with Crippen LogP contribution >= 0.6 is 0 Å². The number of carbonyl (C=O) groups excluding carboxylic acids is 1. The molecule has 6 nitrogen and oxygen atoms in total. The first kappa shape index (κ1) is 20.2. The molecule has 1 fully saturated rings. The minimum Gasteiger partial charge on any atom is -0.545 e. The van der Waals surface area contributed by atoms with E-state index in [1.165, 1.54) is 6.07 Å². The van der Waals surface area contributed by atoms with Gasteiger partial charge in [0, 0.05) is 11.8 Å². The number of carbonyl (C=O) groups is 2. The van der Waals surface area contributed by atoms with Crippen molar-refractivity contribution >= 4 is 11.9 Å². The van der Waals surface area contributed by atoms with Gasteiger partial charge < -0.3 is 24.9 Å². The molecule has 1 aliphatic carbocycles. The second-order valence-corrected chi connectivity index (χ2v) is 7.49. The summed E-state index contributed by atoms with van der Waals surface area (Å²) in [5.41, 5.74) is -1.16. The Balaban J connectivity index is 0.00000225. The zero-order chi connectivity index (χ0) is 17.9. The number of ether oxygens (including phenoxy) is 1. The van der Waals surface area contributed by atoms with Crippen LogP contribution in [0.3, 0.4) is 0 Å². The maximum atomic E-state index is 11.6. The monoisotopic (exact) mass is 356 g/mol. The summed E-state index contributed by atoms with van der Waals surface area (Å²) in [7, 11) is 0. The third-order valence-electron chi connectivity index (χ3n) is 5.96. The van der Waals surface area contributed by atoms with Crippen molar-refractivity contribution in [3.8, 4) is 5.75 Å². The quantitative estimate of drug-likeness (QED) is 0.608. The van der Waals surface area contributed by atoms with Crippen molar-refractivity contribution in [2.45, 2.75) is 51.7 Å². The van der Waals surface area contributed by atoms with Crippen LogP contribution in [0.25, 0.3) is 0 Å². The van der Waals surface area contributed by atoms with Crippen LogP contribution in [0, 0.1) is 11.3 Å². The van der Waals surface area contributed by atoms with Gasteiger partial charge in [0.05, 0.1) is 12.1 Å². The normalized spacial score (nSPS) is 29.4. The number of carboxylic acid groups (broad SMARTS) is 2. The molecule has 3 atom stereocenters. The smallest absolute Gasteiger partial charge is 0.545 e. The topological polar surface area (TPSA) is 107 Å². The Morgan fingerprint density at radius 2 is 1.92 bits per heavy atom. The summed E-state index contributed by atoms with van der Waals surface area (Å²) in [4.78, 5) is 22.8. The Morgan fingerprint density at radius 3 is 2.48 bits per heavy atom. The third-order valence-corrected chi connectivity index (χ3v) is 5.96. The number of benzene rings is 1. The van der Waals surface area contributed by atoms with E-state index in [9.17, 15) is 24.9 Å². The van der Waals surface area contributed by atoms with Gasteiger partial charge in [-0.2, -0.15) is 0 Å². The Morgan fingerprint density at radius 1 is 1.28 bits per heavy atom. The van der Waals surface area contributed by atoms with Gasteiger partial charge >= 0.3 is 35.5 Å². The number of rotatable bonds is 2. The van der Waals surface area contributed by atoms with E-state index in [-0.39, 0.29) is 52.4 Å². The molecule has 0 aromatic heterocycles. The van der Waals surface area contributed by atoms with E-state index >= 15 is 0 Å². The standard InChI is InChI=1S/C18H22O6.Na/c1-9-4-5-13(19)17(2,3)18(9)8-11-6-10(15(20)21)7-12(16(22)23)14(11)24-18;/h6-7,9,13,19H,4-5,8H2,1-3H3,(H,20,21)(H,22,23);/q;+1/p-1/t9-,13+,18+;/m1./s1. The number of aliphatic hydroxyl groups excluding tert-OH is 1. The number of hydrogen-bond donors (Lipinski definition) is 2. The molecule has 3 rings (SSSR count). The second-order valence-electron chi connectivity index (χ2n) is 7.49. The van der Waals surface area contributed by atoms with Crippen LogP contribution in [-0.2, 0) is 6.42 Å². The molecule has 0 unspecified atom stereocenters. The molecule has 0 bridgehead atoms. The van der Waals surface area contributed by atoms with Crippen LogP contribution in [-0.4, -0.2) is 33.9 Å². The van der Waals surface area contributed by atoms with Crippen molar-refractivity contribution in [3.63, 3.8) is 0 Å². The molecule has 1 aliphatic heterocycles. The van der Waals surface area contributed by atoms with Crippen molar-refractivity contribution < 1.29 is 59.2 Å². The van der Waals surface area contributed by atoms with Gasteiger partial charge in [0.25, 0.3) is 0 Å². The molecule has 1 heterocycles. The summed E-state index contributed by atoms with van der Waals surface area (Å²) in [5, 5.41) is 31.1. The van der Waals surface area contributed by atoms with Gasteiger partial charge in [-0.1, -0.05) is 20.8 Å². The number of aliphatic hydroxyl groups is 1. The first-order valence-electron chi connectivity index (χ1n) is 8.09. The van der Waals surface area contributed by atoms with Crippen molar-refractivity contribution in [1.29, 1.82) is 0 Å². The molecule has 1 spiro atoms. The molecular formula is C18H21NaO6. The van der Waals surface area contributed by atoms with Crippen LogP contribution in [0.1, 0.15) is 59.9 Å². The molecule has 0 amide bonds. The van der Waals surface area contributed by atoms with Crippen molar-refractivity contribution in [2.24, 2.45) is 11.3 Å². The van der Waals surface area contributed by atoms with Crippen molar-refractivity contribution in [2.75, 3.05) is 0 Å². The predicted octanol–water partition coefficient (Wildman–Crippen LogP) is -1.76. The summed E-state index contributed by atoms with van der Waals surface area (Å²) in [5.74, 6) is -2.36. The molecule has 1 aromatic carbocycles. The maximum absolute atomic E-state index is 11.6. The molecule has 1 saturated carbocycles. The number of fused-ring (bicyclic) bond motifs is 1. The Kier molecular flexibility index (Phi) is 5.32.